The molecule has 1 heterocycles. The van der Waals surface area contributed by atoms with Gasteiger partial charge in [-0.2, -0.15) is 0 Å². The van der Waals surface area contributed by atoms with E-state index in [0.29, 0.717) is 19.5 Å². The molecule has 1 aliphatic rings. The van der Waals surface area contributed by atoms with Crippen molar-refractivity contribution in [1.82, 2.24) is 4.90 Å². The van der Waals surface area contributed by atoms with Crippen LogP contribution in [0.25, 0.3) is 0 Å². The van der Waals surface area contributed by atoms with Crippen LogP contribution < -0.4 is 0 Å². The molecule has 0 aliphatic carbocycles. The lowest BCUT2D eigenvalue weighted by molar-refractivity contribution is -0.137. The molecule has 0 spiro atoms. The molecule has 4 heteroatoms. The van der Waals surface area contributed by atoms with Crippen LogP contribution in [0.5, 0.6) is 0 Å². The van der Waals surface area contributed by atoms with Gasteiger partial charge in [0.05, 0.1) is 0 Å². The second-order valence-electron chi connectivity index (χ2n) is 3.04. The Hall–Kier alpha value is -1.32. The summed E-state index contributed by atoms with van der Waals surface area (Å²) in [5.74, 6) is -0.735. The first-order valence-electron chi connectivity index (χ1n) is 4.37. The highest BCUT2D eigenvalue weighted by molar-refractivity contribution is 5.89. The molecule has 4 nitrogen and oxygen atoms in total. The van der Waals surface area contributed by atoms with Crippen molar-refractivity contribution in [3.05, 3.63) is 12.2 Å². The van der Waals surface area contributed by atoms with E-state index in [-0.39, 0.29) is 12.3 Å². The van der Waals surface area contributed by atoms with Gasteiger partial charge in [0.15, 0.2) is 0 Å². The molecule has 0 unspecified atom stereocenters. The summed E-state index contributed by atoms with van der Waals surface area (Å²) in [7, 11) is 0. The van der Waals surface area contributed by atoms with Crippen LogP contribution in [0.3, 0.4) is 0 Å². The summed E-state index contributed by atoms with van der Waals surface area (Å²) in [5, 5.41) is 8.36. The number of nitrogens with zero attached hydrogens (tertiary/aromatic N) is 1. The van der Waals surface area contributed by atoms with E-state index in [1.807, 2.05) is 6.08 Å². The molecule has 0 saturated carbocycles. The van der Waals surface area contributed by atoms with Crippen LogP contribution in [-0.2, 0) is 9.59 Å². The van der Waals surface area contributed by atoms with Gasteiger partial charge in [-0.3, -0.25) is 9.59 Å². The Kier molecular flexibility index (Phi) is 3.49. The molecule has 0 radical (unpaired) electrons. The molecule has 1 amide bonds. The minimum Gasteiger partial charge on any atom is -0.481 e. The number of rotatable bonds is 5. The maximum atomic E-state index is 11.0. The number of carboxylic acids is 1. The van der Waals surface area contributed by atoms with Crippen molar-refractivity contribution in [3.8, 4) is 0 Å². The van der Waals surface area contributed by atoms with E-state index in [0.717, 1.165) is 6.42 Å². The molecule has 0 aromatic heterocycles. The van der Waals surface area contributed by atoms with E-state index in [1.165, 1.54) is 0 Å². The third kappa shape index (κ3) is 3.27. The van der Waals surface area contributed by atoms with Gasteiger partial charge in [-0.1, -0.05) is 6.08 Å². The molecule has 72 valence electrons. The molecular formula is C9H13NO3. The molecule has 1 rings (SSSR count). The lowest BCUT2D eigenvalue weighted by Gasteiger charge is -2.14. The molecule has 0 saturated heterocycles. The predicted molar refractivity (Wildman–Crippen MR) is 47.2 cm³/mol. The van der Waals surface area contributed by atoms with Gasteiger partial charge >= 0.3 is 5.97 Å². The number of hydrogen-bond donors (Lipinski definition) is 1. The number of hydrogen-bond acceptors (Lipinski definition) is 2. The average molecular weight is 183 g/mol. The molecule has 1 aliphatic heterocycles. The van der Waals surface area contributed by atoms with Crippen LogP contribution in [0.2, 0.25) is 0 Å². The highest BCUT2D eigenvalue weighted by atomic mass is 16.4. The van der Waals surface area contributed by atoms with E-state index < -0.39 is 5.97 Å². The van der Waals surface area contributed by atoms with E-state index in [2.05, 4.69) is 0 Å². The molecule has 0 fully saturated rings. The van der Waals surface area contributed by atoms with Crippen molar-refractivity contribution >= 4 is 11.9 Å². The monoisotopic (exact) mass is 183 g/mol. The molecule has 0 bridgehead atoms. The van der Waals surface area contributed by atoms with Crippen LogP contribution in [0.4, 0.5) is 0 Å². The Morgan fingerprint density at radius 3 is 2.85 bits per heavy atom. The summed E-state index contributed by atoms with van der Waals surface area (Å²) in [6.07, 6.45) is 4.96. The molecule has 1 N–H and O–H groups in total. The van der Waals surface area contributed by atoms with E-state index in [4.69, 9.17) is 5.11 Å². The second kappa shape index (κ2) is 4.64. The SMILES string of the molecule is O=C(O)CCCCN1CC=CC1=O. The van der Waals surface area contributed by atoms with Gasteiger partial charge in [0.25, 0.3) is 0 Å². The van der Waals surface area contributed by atoms with Crippen molar-refractivity contribution in [2.24, 2.45) is 0 Å². The molecular weight excluding hydrogens is 170 g/mol. The average Bonchev–Trinajstić information content (AvgIpc) is 2.45. The summed E-state index contributed by atoms with van der Waals surface area (Å²) in [5.41, 5.74) is 0. The lowest BCUT2D eigenvalue weighted by atomic mass is 10.2. The van der Waals surface area contributed by atoms with Gasteiger partial charge in [0, 0.05) is 25.6 Å². The largest absolute Gasteiger partial charge is 0.481 e. The van der Waals surface area contributed by atoms with E-state index in [9.17, 15) is 9.59 Å². The first kappa shape index (κ1) is 9.77. The first-order chi connectivity index (χ1) is 6.20. The fourth-order valence-electron chi connectivity index (χ4n) is 1.26. The fraction of sp³-hybridized carbons (Fsp3) is 0.556. The minimum atomic E-state index is -0.772. The van der Waals surface area contributed by atoms with Crippen molar-refractivity contribution in [3.63, 3.8) is 0 Å². The number of unbranched alkanes of at least 4 members (excludes halogenated alkanes) is 1. The summed E-state index contributed by atoms with van der Waals surface area (Å²) in [4.78, 5) is 22.9. The highest BCUT2D eigenvalue weighted by Gasteiger charge is 2.13. The molecule has 0 aromatic carbocycles. The molecule has 0 aromatic rings. The van der Waals surface area contributed by atoms with E-state index >= 15 is 0 Å². The van der Waals surface area contributed by atoms with Gasteiger partial charge in [0.1, 0.15) is 0 Å². The van der Waals surface area contributed by atoms with Crippen molar-refractivity contribution in [2.75, 3.05) is 13.1 Å². The fourth-order valence-corrected chi connectivity index (χ4v) is 1.26. The summed E-state index contributed by atoms with van der Waals surface area (Å²) in [6.45, 7) is 1.34. The van der Waals surface area contributed by atoms with Crippen LogP contribution in [0.1, 0.15) is 19.3 Å². The Morgan fingerprint density at radius 2 is 2.31 bits per heavy atom. The number of carbonyl (C=O) groups is 2. The first-order valence-corrected chi connectivity index (χ1v) is 4.37. The number of carboxylic acid groups (broad SMARTS) is 1. The van der Waals surface area contributed by atoms with Crippen molar-refractivity contribution < 1.29 is 14.7 Å². The van der Waals surface area contributed by atoms with Gasteiger partial charge < -0.3 is 10.0 Å². The number of aliphatic carboxylic acids is 1. The van der Waals surface area contributed by atoms with Crippen LogP contribution >= 0.6 is 0 Å². The Labute approximate surface area is 76.8 Å². The zero-order chi connectivity index (χ0) is 9.68. The van der Waals surface area contributed by atoms with Crippen molar-refractivity contribution in [1.29, 1.82) is 0 Å². The maximum Gasteiger partial charge on any atom is 0.303 e. The van der Waals surface area contributed by atoms with Crippen LogP contribution in [0.15, 0.2) is 12.2 Å². The summed E-state index contributed by atoms with van der Waals surface area (Å²) < 4.78 is 0. The standard InChI is InChI=1S/C9H13NO3/c11-8-4-3-7-10(8)6-2-1-5-9(12)13/h3-4H,1-2,5-7H2,(H,12,13). The maximum absolute atomic E-state index is 11.0. The van der Waals surface area contributed by atoms with Gasteiger partial charge in [-0.25, -0.2) is 0 Å². The smallest absolute Gasteiger partial charge is 0.303 e. The number of amides is 1. The zero-order valence-corrected chi connectivity index (χ0v) is 7.40. The topological polar surface area (TPSA) is 57.6 Å². The lowest BCUT2D eigenvalue weighted by Crippen LogP contribution is -2.26. The van der Waals surface area contributed by atoms with E-state index in [1.54, 1.807) is 11.0 Å². The van der Waals surface area contributed by atoms with Crippen LogP contribution in [-0.4, -0.2) is 35.0 Å². The second-order valence-corrected chi connectivity index (χ2v) is 3.04. The third-order valence-electron chi connectivity index (χ3n) is 1.97. The highest BCUT2D eigenvalue weighted by Crippen LogP contribution is 2.04. The summed E-state index contributed by atoms with van der Waals surface area (Å²) >= 11 is 0. The zero-order valence-electron chi connectivity index (χ0n) is 7.40. The minimum absolute atomic E-state index is 0.0373. The Balaban J connectivity index is 2.06. The summed E-state index contributed by atoms with van der Waals surface area (Å²) in [6, 6.07) is 0. The number of carbonyl (C=O) groups excluding carboxylic acids is 1. The van der Waals surface area contributed by atoms with Crippen molar-refractivity contribution in [2.45, 2.75) is 19.3 Å². The third-order valence-corrected chi connectivity index (χ3v) is 1.97. The van der Waals surface area contributed by atoms with Gasteiger partial charge in [0.2, 0.25) is 5.91 Å². The molecule has 13 heavy (non-hydrogen) atoms. The predicted octanol–water partition coefficient (Wildman–Crippen LogP) is 0.640. The molecule has 0 atom stereocenters. The quantitative estimate of drug-likeness (QED) is 0.636. The van der Waals surface area contributed by atoms with Gasteiger partial charge in [-0.15, -0.1) is 0 Å². The van der Waals surface area contributed by atoms with Crippen LogP contribution in [0, 0.1) is 0 Å². The Bertz CT molecular complexity index is 235. The normalized spacial score (nSPS) is 15.4. The van der Waals surface area contributed by atoms with Gasteiger partial charge in [-0.05, 0) is 12.8 Å². The Morgan fingerprint density at radius 1 is 1.54 bits per heavy atom.